The lowest BCUT2D eigenvalue weighted by Crippen LogP contribution is -2.16. The van der Waals surface area contributed by atoms with Crippen LogP contribution in [-0.4, -0.2) is 17.1 Å². The number of aliphatic hydroxyl groups is 1. The quantitative estimate of drug-likeness (QED) is 0.635. The van der Waals surface area contributed by atoms with Gasteiger partial charge in [-0.15, -0.1) is 11.3 Å². The van der Waals surface area contributed by atoms with Crippen molar-refractivity contribution in [1.29, 1.82) is 0 Å². The van der Waals surface area contributed by atoms with E-state index in [4.69, 9.17) is 0 Å². The zero-order chi connectivity index (χ0) is 15.6. The average Bonchev–Trinajstić information content (AvgIpc) is 2.87. The van der Waals surface area contributed by atoms with E-state index in [1.54, 1.807) is 6.92 Å². The standard InChI is InChI=1S/C14H15BrN2O3S/c1-9(18)13-7-12(17(19)20)14(21-13)16(2)8-10-3-5-11(15)6-4-10/h3-7,9,18H,8H2,1-2H3. The Morgan fingerprint density at radius 1 is 1.43 bits per heavy atom. The molecule has 1 aromatic heterocycles. The van der Waals surface area contributed by atoms with Gasteiger partial charge in [0.25, 0.3) is 0 Å². The lowest BCUT2D eigenvalue weighted by molar-refractivity contribution is -0.383. The Labute approximate surface area is 135 Å². The highest BCUT2D eigenvalue weighted by Crippen LogP contribution is 2.40. The van der Waals surface area contributed by atoms with Gasteiger partial charge in [-0.2, -0.15) is 0 Å². The first-order valence-electron chi connectivity index (χ1n) is 6.30. The molecule has 0 saturated heterocycles. The van der Waals surface area contributed by atoms with Gasteiger partial charge >= 0.3 is 5.69 Å². The first-order chi connectivity index (χ1) is 9.88. The van der Waals surface area contributed by atoms with Crippen LogP contribution < -0.4 is 4.90 Å². The number of hydrogen-bond acceptors (Lipinski definition) is 5. The molecule has 0 aliphatic heterocycles. The lowest BCUT2D eigenvalue weighted by Gasteiger charge is -2.16. The zero-order valence-electron chi connectivity index (χ0n) is 11.6. The Hall–Kier alpha value is -1.44. The zero-order valence-corrected chi connectivity index (χ0v) is 14.0. The van der Waals surface area contributed by atoms with Crippen molar-refractivity contribution >= 4 is 38.0 Å². The van der Waals surface area contributed by atoms with Gasteiger partial charge in [-0.25, -0.2) is 0 Å². The highest BCUT2D eigenvalue weighted by Gasteiger charge is 2.23. The fourth-order valence-corrected chi connectivity index (χ4v) is 3.22. The van der Waals surface area contributed by atoms with Crippen molar-refractivity contribution < 1.29 is 10.0 Å². The minimum absolute atomic E-state index is 0.0375. The van der Waals surface area contributed by atoms with Gasteiger partial charge in [0.1, 0.15) is 0 Å². The van der Waals surface area contributed by atoms with Crippen LogP contribution in [0.5, 0.6) is 0 Å². The molecule has 2 rings (SSSR count). The molecule has 0 aliphatic rings. The van der Waals surface area contributed by atoms with E-state index in [1.807, 2.05) is 36.2 Å². The maximum atomic E-state index is 11.2. The van der Waals surface area contributed by atoms with E-state index >= 15 is 0 Å². The van der Waals surface area contributed by atoms with E-state index in [-0.39, 0.29) is 5.69 Å². The van der Waals surface area contributed by atoms with Crippen molar-refractivity contribution in [3.8, 4) is 0 Å². The molecule has 1 atom stereocenters. The molecule has 1 N–H and O–H groups in total. The normalized spacial score (nSPS) is 12.2. The summed E-state index contributed by atoms with van der Waals surface area (Å²) in [5.41, 5.74) is 1.09. The van der Waals surface area contributed by atoms with Crippen LogP contribution in [0.15, 0.2) is 34.8 Å². The summed E-state index contributed by atoms with van der Waals surface area (Å²) in [6.07, 6.45) is -0.705. The molecule has 0 saturated carbocycles. The van der Waals surface area contributed by atoms with Crippen LogP contribution in [0.2, 0.25) is 0 Å². The highest BCUT2D eigenvalue weighted by molar-refractivity contribution is 9.10. The summed E-state index contributed by atoms with van der Waals surface area (Å²) in [4.78, 5) is 13.2. The predicted molar refractivity (Wildman–Crippen MR) is 87.9 cm³/mol. The highest BCUT2D eigenvalue weighted by atomic mass is 79.9. The molecule has 0 fully saturated rings. The maximum Gasteiger partial charge on any atom is 0.304 e. The molecule has 1 aromatic carbocycles. The van der Waals surface area contributed by atoms with Gasteiger partial charge in [0.05, 0.1) is 11.0 Å². The van der Waals surface area contributed by atoms with E-state index < -0.39 is 11.0 Å². The number of rotatable bonds is 5. The predicted octanol–water partition coefficient (Wildman–Crippen LogP) is 4.11. The summed E-state index contributed by atoms with van der Waals surface area (Å²) in [7, 11) is 1.81. The Kier molecular flexibility index (Phi) is 4.97. The Balaban J connectivity index is 2.27. The molecular formula is C14H15BrN2O3S. The number of anilines is 1. The van der Waals surface area contributed by atoms with Crippen molar-refractivity contribution in [1.82, 2.24) is 0 Å². The molecule has 0 aliphatic carbocycles. The molecule has 5 nitrogen and oxygen atoms in total. The summed E-state index contributed by atoms with van der Waals surface area (Å²) in [6, 6.07) is 9.26. The number of thiophene rings is 1. The van der Waals surface area contributed by atoms with Crippen molar-refractivity contribution in [3.63, 3.8) is 0 Å². The molecule has 0 radical (unpaired) electrons. The van der Waals surface area contributed by atoms with Crippen LogP contribution in [0.3, 0.4) is 0 Å². The van der Waals surface area contributed by atoms with Crippen LogP contribution in [0.1, 0.15) is 23.5 Å². The Morgan fingerprint density at radius 2 is 2.05 bits per heavy atom. The summed E-state index contributed by atoms with van der Waals surface area (Å²) in [5, 5.41) is 21.3. The fourth-order valence-electron chi connectivity index (χ4n) is 1.94. The third kappa shape index (κ3) is 3.81. The van der Waals surface area contributed by atoms with Crippen molar-refractivity contribution in [3.05, 3.63) is 55.4 Å². The average molecular weight is 371 g/mol. The Bertz CT molecular complexity index is 640. The number of nitrogens with zero attached hydrogens (tertiary/aromatic N) is 2. The molecule has 0 bridgehead atoms. The van der Waals surface area contributed by atoms with Crippen molar-refractivity contribution in [2.45, 2.75) is 19.6 Å². The summed E-state index contributed by atoms with van der Waals surface area (Å²) >= 11 is 4.63. The molecule has 1 heterocycles. The van der Waals surface area contributed by atoms with Crippen molar-refractivity contribution in [2.75, 3.05) is 11.9 Å². The number of aliphatic hydroxyl groups excluding tert-OH is 1. The van der Waals surface area contributed by atoms with Gasteiger partial charge in [0.2, 0.25) is 0 Å². The summed E-state index contributed by atoms with van der Waals surface area (Å²) in [5.74, 6) is 0. The van der Waals surface area contributed by atoms with E-state index in [2.05, 4.69) is 15.9 Å². The SMILES string of the molecule is CC(O)c1cc([N+](=O)[O-])c(N(C)Cc2ccc(Br)cc2)s1. The largest absolute Gasteiger partial charge is 0.388 e. The first kappa shape index (κ1) is 15.9. The monoisotopic (exact) mass is 370 g/mol. The van der Waals surface area contributed by atoms with Crippen LogP contribution >= 0.6 is 27.3 Å². The second-order valence-electron chi connectivity index (χ2n) is 4.75. The number of halogens is 1. The summed E-state index contributed by atoms with van der Waals surface area (Å²) < 4.78 is 0.993. The molecular weight excluding hydrogens is 356 g/mol. The van der Waals surface area contributed by atoms with E-state index in [0.717, 1.165) is 10.0 Å². The lowest BCUT2D eigenvalue weighted by atomic mass is 10.2. The Morgan fingerprint density at radius 3 is 2.57 bits per heavy atom. The minimum Gasteiger partial charge on any atom is -0.388 e. The summed E-state index contributed by atoms with van der Waals surface area (Å²) in [6.45, 7) is 2.17. The first-order valence-corrected chi connectivity index (χ1v) is 7.91. The second-order valence-corrected chi connectivity index (χ2v) is 6.73. The third-order valence-corrected chi connectivity index (χ3v) is 4.94. The number of hydrogen-bond donors (Lipinski definition) is 1. The van der Waals surface area contributed by atoms with E-state index in [0.29, 0.717) is 16.4 Å². The number of nitro groups is 1. The molecule has 2 aromatic rings. The smallest absolute Gasteiger partial charge is 0.304 e. The van der Waals surface area contributed by atoms with Gasteiger partial charge in [0, 0.05) is 29.0 Å². The number of benzene rings is 1. The molecule has 112 valence electrons. The van der Waals surface area contributed by atoms with E-state index in [9.17, 15) is 15.2 Å². The minimum atomic E-state index is -0.705. The third-order valence-electron chi connectivity index (χ3n) is 3.00. The van der Waals surface area contributed by atoms with Crippen LogP contribution in [0.25, 0.3) is 0 Å². The fraction of sp³-hybridized carbons (Fsp3) is 0.286. The second kappa shape index (κ2) is 6.55. The van der Waals surface area contributed by atoms with Gasteiger partial charge in [-0.1, -0.05) is 28.1 Å². The molecule has 21 heavy (non-hydrogen) atoms. The van der Waals surface area contributed by atoms with Gasteiger partial charge < -0.3 is 10.0 Å². The molecule has 1 unspecified atom stereocenters. The molecule has 0 spiro atoms. The van der Waals surface area contributed by atoms with Gasteiger partial charge in [0.15, 0.2) is 5.00 Å². The van der Waals surface area contributed by atoms with Crippen LogP contribution in [-0.2, 0) is 6.54 Å². The van der Waals surface area contributed by atoms with Crippen LogP contribution in [0, 0.1) is 10.1 Å². The molecule has 0 amide bonds. The van der Waals surface area contributed by atoms with Gasteiger partial charge in [-0.3, -0.25) is 10.1 Å². The maximum absolute atomic E-state index is 11.2. The van der Waals surface area contributed by atoms with Gasteiger partial charge in [-0.05, 0) is 24.6 Å². The molecule has 7 heteroatoms. The van der Waals surface area contributed by atoms with Crippen LogP contribution in [0.4, 0.5) is 10.7 Å². The van der Waals surface area contributed by atoms with E-state index in [1.165, 1.54) is 17.4 Å². The van der Waals surface area contributed by atoms with Crippen molar-refractivity contribution in [2.24, 2.45) is 0 Å². The topological polar surface area (TPSA) is 66.6 Å².